The number of piperidine rings is 1. The van der Waals surface area contributed by atoms with Crippen LogP contribution in [0.15, 0.2) is 24.4 Å². The molecule has 1 aromatic carbocycles. The molecule has 2 saturated heterocycles. The van der Waals surface area contributed by atoms with Crippen LogP contribution in [0.4, 0.5) is 11.6 Å². The van der Waals surface area contributed by atoms with E-state index in [9.17, 15) is 15.2 Å². The highest BCUT2D eigenvalue weighted by molar-refractivity contribution is 6.35. The van der Waals surface area contributed by atoms with Crippen molar-refractivity contribution in [2.75, 3.05) is 36.4 Å². The minimum Gasteiger partial charge on any atom is -0.481 e. The van der Waals surface area contributed by atoms with Crippen LogP contribution in [0, 0.1) is 28.6 Å². The Labute approximate surface area is 227 Å². The molecule has 2 aromatic rings. The lowest BCUT2D eigenvalue weighted by molar-refractivity contribution is -0.158. The number of benzene rings is 1. The Kier molecular flexibility index (Phi) is 7.23. The number of nitriles is 1. The molecule has 8 nitrogen and oxygen atoms in total. The largest absolute Gasteiger partial charge is 0.481 e. The van der Waals surface area contributed by atoms with Crippen molar-refractivity contribution in [3.8, 4) is 6.07 Å². The number of aliphatic carboxylic acids is 1. The van der Waals surface area contributed by atoms with Crippen LogP contribution in [0.25, 0.3) is 0 Å². The third-order valence-corrected chi connectivity index (χ3v) is 8.99. The van der Waals surface area contributed by atoms with Crippen LogP contribution in [-0.2, 0) is 4.79 Å². The molecule has 1 aromatic heterocycles. The zero-order valence-electron chi connectivity index (χ0n) is 21.1. The topological polar surface area (TPSA) is 105 Å². The van der Waals surface area contributed by atoms with Gasteiger partial charge in [0.15, 0.2) is 11.5 Å². The first kappa shape index (κ1) is 26.0. The molecule has 0 amide bonds. The summed E-state index contributed by atoms with van der Waals surface area (Å²) in [4.78, 5) is 25.3. The van der Waals surface area contributed by atoms with Crippen molar-refractivity contribution >= 4 is 40.8 Å². The number of carboxylic acid groups (broad SMARTS) is 1. The van der Waals surface area contributed by atoms with E-state index in [4.69, 9.17) is 28.2 Å². The third kappa shape index (κ3) is 5.22. The van der Waals surface area contributed by atoms with E-state index in [1.54, 1.807) is 18.3 Å². The van der Waals surface area contributed by atoms with Gasteiger partial charge in [0.2, 0.25) is 0 Å². The monoisotopic (exact) mass is 542 g/mol. The Balaban J connectivity index is 1.20. The minimum absolute atomic E-state index is 0.119. The van der Waals surface area contributed by atoms with Gasteiger partial charge in [-0.2, -0.15) is 5.26 Å². The van der Waals surface area contributed by atoms with E-state index in [0.717, 1.165) is 51.0 Å². The quantitative estimate of drug-likeness (QED) is 0.489. The van der Waals surface area contributed by atoms with Gasteiger partial charge in [-0.3, -0.25) is 4.79 Å². The van der Waals surface area contributed by atoms with Gasteiger partial charge in [0.25, 0.3) is 0 Å². The van der Waals surface area contributed by atoms with Crippen LogP contribution in [0.1, 0.15) is 56.8 Å². The van der Waals surface area contributed by atoms with Gasteiger partial charge in [0.1, 0.15) is 11.9 Å². The summed E-state index contributed by atoms with van der Waals surface area (Å²) in [6, 6.07) is 7.86. The summed E-state index contributed by atoms with van der Waals surface area (Å²) in [6.07, 6.45) is 5.41. The number of nitrogens with one attached hydrogen (secondary N) is 1. The van der Waals surface area contributed by atoms with Crippen LogP contribution in [0.5, 0.6) is 0 Å². The van der Waals surface area contributed by atoms with Gasteiger partial charge in [-0.15, -0.1) is 0 Å². The van der Waals surface area contributed by atoms with Crippen molar-refractivity contribution in [2.24, 2.45) is 17.3 Å². The first-order chi connectivity index (χ1) is 17.7. The van der Waals surface area contributed by atoms with Gasteiger partial charge < -0.3 is 20.2 Å². The number of nitrogens with zero attached hydrogens (tertiary/aromatic N) is 5. The number of hydrogen-bond acceptors (Lipinski definition) is 7. The fourth-order valence-corrected chi connectivity index (χ4v) is 6.63. The number of halogens is 2. The Hall–Kier alpha value is -2.60. The van der Waals surface area contributed by atoms with Crippen LogP contribution in [0.2, 0.25) is 10.0 Å². The maximum atomic E-state index is 11.5. The van der Waals surface area contributed by atoms with Crippen molar-refractivity contribution < 1.29 is 9.90 Å². The minimum atomic E-state index is -0.677. The fourth-order valence-electron chi connectivity index (χ4n) is 6.05. The molecule has 2 aliphatic heterocycles. The van der Waals surface area contributed by atoms with Gasteiger partial charge in [-0.05, 0) is 75.6 Å². The van der Waals surface area contributed by atoms with Gasteiger partial charge in [0, 0.05) is 35.7 Å². The smallest absolute Gasteiger partial charge is 0.309 e. The number of hydrogen-bond donors (Lipinski definition) is 2. The van der Waals surface area contributed by atoms with E-state index in [1.165, 1.54) is 6.42 Å². The summed E-state index contributed by atoms with van der Waals surface area (Å²) < 4.78 is 0. The second-order valence-corrected chi connectivity index (χ2v) is 11.9. The van der Waals surface area contributed by atoms with Gasteiger partial charge in [0.05, 0.1) is 17.7 Å². The van der Waals surface area contributed by atoms with Crippen LogP contribution >= 0.6 is 23.2 Å². The highest BCUT2D eigenvalue weighted by Crippen LogP contribution is 2.45. The van der Waals surface area contributed by atoms with E-state index in [1.807, 2.05) is 19.9 Å². The van der Waals surface area contributed by atoms with E-state index < -0.39 is 11.4 Å². The molecule has 3 heterocycles. The Morgan fingerprint density at radius 2 is 2.03 bits per heavy atom. The van der Waals surface area contributed by atoms with Crippen LogP contribution in [0.3, 0.4) is 0 Å². The molecule has 3 fully saturated rings. The standard InChI is InChI=1S/C27H32Cl2N6O2/c1-16(21-6-5-19(28)8-22(21)29)32-24-12-31-23(11-30)25(33-24)35-14-18(15-35)17-4-3-7-34(13-17)20-9-27(2,10-20)26(36)37/h5-6,8,12,16-18,20H,3-4,7,9-10,13-15H2,1-2H3,(H,32,33)(H,36,37)/t16-,17+,20-,27+/m1/s1. The molecule has 0 bridgehead atoms. The van der Waals surface area contributed by atoms with E-state index in [2.05, 4.69) is 26.2 Å². The first-order valence-electron chi connectivity index (χ1n) is 12.9. The van der Waals surface area contributed by atoms with Crippen molar-refractivity contribution in [3.05, 3.63) is 45.7 Å². The predicted molar refractivity (Wildman–Crippen MR) is 144 cm³/mol. The fraction of sp³-hybridized carbons (Fsp3) is 0.556. The van der Waals surface area contributed by atoms with Crippen molar-refractivity contribution in [1.82, 2.24) is 14.9 Å². The highest BCUT2D eigenvalue weighted by Gasteiger charge is 2.49. The molecule has 2 atom stereocenters. The lowest BCUT2D eigenvalue weighted by Crippen LogP contribution is -2.58. The maximum Gasteiger partial charge on any atom is 0.309 e. The van der Waals surface area contributed by atoms with Crippen molar-refractivity contribution in [1.29, 1.82) is 5.26 Å². The van der Waals surface area contributed by atoms with E-state index in [-0.39, 0.29) is 6.04 Å². The second kappa shape index (κ2) is 10.3. The van der Waals surface area contributed by atoms with Gasteiger partial charge in [-0.1, -0.05) is 29.3 Å². The second-order valence-electron chi connectivity index (χ2n) is 11.1. The van der Waals surface area contributed by atoms with E-state index in [0.29, 0.717) is 45.3 Å². The lowest BCUT2D eigenvalue weighted by Gasteiger charge is -2.52. The molecule has 196 valence electrons. The number of anilines is 2. The van der Waals surface area contributed by atoms with Gasteiger partial charge >= 0.3 is 5.97 Å². The first-order valence-corrected chi connectivity index (χ1v) is 13.6. The molecular formula is C27H32Cl2N6O2. The molecule has 0 spiro atoms. The average Bonchev–Trinajstić information content (AvgIpc) is 2.81. The van der Waals surface area contributed by atoms with Crippen molar-refractivity contribution in [3.63, 3.8) is 0 Å². The molecule has 10 heteroatoms. The molecule has 5 rings (SSSR count). The highest BCUT2D eigenvalue weighted by atomic mass is 35.5. The van der Waals surface area contributed by atoms with Crippen molar-refractivity contribution in [2.45, 2.75) is 51.6 Å². The summed E-state index contributed by atoms with van der Waals surface area (Å²) in [5.74, 6) is 1.64. The zero-order valence-corrected chi connectivity index (χ0v) is 22.6. The number of likely N-dealkylation sites (tertiary alicyclic amines) is 1. The summed E-state index contributed by atoms with van der Waals surface area (Å²) in [5, 5.41) is 23.6. The summed E-state index contributed by atoms with van der Waals surface area (Å²) in [6.45, 7) is 7.63. The van der Waals surface area contributed by atoms with Gasteiger partial charge in [-0.25, -0.2) is 9.97 Å². The van der Waals surface area contributed by atoms with Crippen LogP contribution in [-0.4, -0.2) is 58.2 Å². The SMILES string of the molecule is C[C@@H](Nc1cnc(C#N)c(N2CC([C@H]3CCCN([C@H]4C[C@@](C)(C(=O)O)C4)C3)C2)n1)c1ccc(Cl)cc1Cl. The molecule has 3 aliphatic rings. The Bertz CT molecular complexity index is 1220. The number of rotatable bonds is 7. The van der Waals surface area contributed by atoms with E-state index >= 15 is 0 Å². The summed E-state index contributed by atoms with van der Waals surface area (Å²) in [5.41, 5.74) is 0.667. The predicted octanol–water partition coefficient (Wildman–Crippen LogP) is 5.23. The summed E-state index contributed by atoms with van der Waals surface area (Å²) >= 11 is 12.4. The third-order valence-electron chi connectivity index (χ3n) is 8.42. The Morgan fingerprint density at radius 3 is 2.70 bits per heavy atom. The number of carbonyl (C=O) groups is 1. The molecule has 1 aliphatic carbocycles. The molecule has 2 N–H and O–H groups in total. The molecule has 0 unspecified atom stereocenters. The molecule has 1 saturated carbocycles. The number of carboxylic acids is 1. The maximum absolute atomic E-state index is 11.5. The summed E-state index contributed by atoms with van der Waals surface area (Å²) in [7, 11) is 0. The van der Waals surface area contributed by atoms with Crippen LogP contribution < -0.4 is 10.2 Å². The average molecular weight is 543 g/mol. The Morgan fingerprint density at radius 1 is 1.27 bits per heavy atom. The lowest BCUT2D eigenvalue weighted by atomic mass is 9.65. The zero-order chi connectivity index (χ0) is 26.3. The molecular weight excluding hydrogens is 511 g/mol. The number of aromatic nitrogens is 2. The molecule has 37 heavy (non-hydrogen) atoms. The normalized spacial score (nSPS) is 27.1. The molecule has 0 radical (unpaired) electrons.